The Balaban J connectivity index is 1.37. The van der Waals surface area contributed by atoms with Crippen LogP contribution in [-0.2, 0) is 11.3 Å². The lowest BCUT2D eigenvalue weighted by Crippen LogP contribution is -2.36. The van der Waals surface area contributed by atoms with Gasteiger partial charge in [0.15, 0.2) is 11.6 Å². The average molecular weight is 572 g/mol. The zero-order valence-corrected chi connectivity index (χ0v) is 24.2. The van der Waals surface area contributed by atoms with E-state index in [1.54, 1.807) is 7.05 Å². The molecule has 9 nitrogen and oxygen atoms in total. The van der Waals surface area contributed by atoms with Crippen LogP contribution in [0.4, 0.5) is 21.6 Å². The van der Waals surface area contributed by atoms with Gasteiger partial charge in [-0.1, -0.05) is 18.2 Å². The normalized spacial score (nSPS) is 16.5. The van der Waals surface area contributed by atoms with E-state index in [9.17, 15) is 9.90 Å². The highest BCUT2D eigenvalue weighted by molar-refractivity contribution is 6.50. The third-order valence-corrected chi connectivity index (χ3v) is 7.60. The molecule has 0 bridgehead atoms. The lowest BCUT2D eigenvalue weighted by molar-refractivity contribution is -0.110. The molecular weight excluding hydrogens is 533 g/mol. The number of benzene rings is 1. The number of nitrogens with one attached hydrogen (secondary N) is 2. The molecule has 0 radical (unpaired) electrons. The molecule has 0 atom stereocenters. The number of hydrogen-bond acceptors (Lipinski definition) is 8. The number of nitrogens with zero attached hydrogens (tertiary/aromatic N) is 5. The number of pyridine rings is 2. The van der Waals surface area contributed by atoms with Gasteiger partial charge in [-0.25, -0.2) is 9.37 Å². The summed E-state index contributed by atoms with van der Waals surface area (Å²) in [5.41, 5.74) is 4.86. The number of hydrogen-bond donors (Lipinski definition) is 3. The minimum atomic E-state index is -0.524. The molecule has 2 aromatic heterocycles. The summed E-state index contributed by atoms with van der Waals surface area (Å²) in [6, 6.07) is 9.28. The Kier molecular flexibility index (Phi) is 9.55. The molecule has 10 heteroatoms. The van der Waals surface area contributed by atoms with Gasteiger partial charge < -0.3 is 20.6 Å². The van der Waals surface area contributed by atoms with Crippen molar-refractivity contribution in [2.75, 3.05) is 55.3 Å². The summed E-state index contributed by atoms with van der Waals surface area (Å²) in [6.07, 6.45) is 11.4. The highest BCUT2D eigenvalue weighted by Gasteiger charge is 2.23. The summed E-state index contributed by atoms with van der Waals surface area (Å²) in [4.78, 5) is 31.1. The standard InChI is InChI=1S/C32H38FN7O2/c1-3-36-30(32(42)38-25-17-28(33)31(37-20-25)40-13-9-26(41)10-14-40)27-16-23(7-8-29(27)34-2)24-15-22(18-35-19-24)21-39-11-5-4-6-12-39/h4-5,7-8,15-20,26,34,41H,3,6,9-14,21H2,1-2H3,(H,38,42). The van der Waals surface area contributed by atoms with Gasteiger partial charge in [-0.2, -0.15) is 0 Å². The first-order valence-electron chi connectivity index (χ1n) is 14.5. The van der Waals surface area contributed by atoms with Crippen LogP contribution in [0, 0.1) is 5.82 Å². The first-order chi connectivity index (χ1) is 20.4. The van der Waals surface area contributed by atoms with E-state index in [0.29, 0.717) is 38.0 Å². The van der Waals surface area contributed by atoms with Crippen molar-refractivity contribution in [3.63, 3.8) is 0 Å². The number of aliphatic hydroxyl groups excluding tert-OH is 1. The second-order valence-corrected chi connectivity index (χ2v) is 10.6. The summed E-state index contributed by atoms with van der Waals surface area (Å²) < 4.78 is 15.0. The van der Waals surface area contributed by atoms with E-state index >= 15 is 4.39 Å². The van der Waals surface area contributed by atoms with Crippen LogP contribution in [0.3, 0.4) is 0 Å². The summed E-state index contributed by atoms with van der Waals surface area (Å²) in [5, 5.41) is 15.7. The molecule has 220 valence electrons. The molecule has 1 aromatic carbocycles. The summed E-state index contributed by atoms with van der Waals surface area (Å²) in [7, 11) is 1.80. The van der Waals surface area contributed by atoms with E-state index in [0.717, 1.165) is 48.4 Å². The lowest BCUT2D eigenvalue weighted by atomic mass is 9.98. The number of anilines is 3. The van der Waals surface area contributed by atoms with Crippen LogP contribution in [-0.4, -0.2) is 77.5 Å². The van der Waals surface area contributed by atoms with Gasteiger partial charge in [0.2, 0.25) is 0 Å². The van der Waals surface area contributed by atoms with Crippen molar-refractivity contribution in [2.24, 2.45) is 4.99 Å². The van der Waals surface area contributed by atoms with Crippen molar-refractivity contribution < 1.29 is 14.3 Å². The number of rotatable bonds is 9. The maximum absolute atomic E-state index is 15.0. The fourth-order valence-electron chi connectivity index (χ4n) is 5.40. The van der Waals surface area contributed by atoms with Crippen molar-refractivity contribution in [3.8, 4) is 11.1 Å². The number of piperidine rings is 1. The van der Waals surface area contributed by atoms with Crippen LogP contribution in [0.15, 0.2) is 66.1 Å². The lowest BCUT2D eigenvalue weighted by Gasteiger charge is -2.30. The van der Waals surface area contributed by atoms with E-state index < -0.39 is 11.7 Å². The molecule has 5 rings (SSSR count). The fourth-order valence-corrected chi connectivity index (χ4v) is 5.40. The Labute approximate surface area is 246 Å². The van der Waals surface area contributed by atoms with Gasteiger partial charge in [-0.05, 0) is 55.5 Å². The summed E-state index contributed by atoms with van der Waals surface area (Å²) >= 11 is 0. The SMILES string of the molecule is CCN=C(C(=O)Nc1cnc(N2CCC(O)CC2)c(F)c1)c1cc(-c2cncc(CN3CC=CCC3)c2)ccc1NC. The highest BCUT2D eigenvalue weighted by Crippen LogP contribution is 2.28. The molecule has 0 aliphatic carbocycles. The molecule has 1 amide bonds. The van der Waals surface area contributed by atoms with E-state index in [1.165, 1.54) is 12.3 Å². The number of amides is 1. The van der Waals surface area contributed by atoms with Gasteiger partial charge in [0.25, 0.3) is 5.91 Å². The molecule has 4 heterocycles. The van der Waals surface area contributed by atoms with Crippen LogP contribution in [0.25, 0.3) is 11.1 Å². The van der Waals surface area contributed by atoms with Crippen LogP contribution in [0.5, 0.6) is 0 Å². The first-order valence-corrected chi connectivity index (χ1v) is 14.5. The predicted octanol–water partition coefficient (Wildman–Crippen LogP) is 4.50. The Morgan fingerprint density at radius 1 is 1.10 bits per heavy atom. The van der Waals surface area contributed by atoms with Crippen molar-refractivity contribution in [1.82, 2.24) is 14.9 Å². The van der Waals surface area contributed by atoms with Crippen LogP contribution in [0.2, 0.25) is 0 Å². The van der Waals surface area contributed by atoms with E-state index in [-0.39, 0.29) is 23.3 Å². The maximum atomic E-state index is 15.0. The van der Waals surface area contributed by atoms with Gasteiger partial charge in [0.05, 0.1) is 18.0 Å². The maximum Gasteiger partial charge on any atom is 0.274 e. The van der Waals surface area contributed by atoms with Crippen molar-refractivity contribution in [1.29, 1.82) is 0 Å². The summed E-state index contributed by atoms with van der Waals surface area (Å²) in [6.45, 7) is 6.10. The van der Waals surface area contributed by atoms with Gasteiger partial charge >= 0.3 is 0 Å². The van der Waals surface area contributed by atoms with Crippen LogP contribution in [0.1, 0.15) is 37.3 Å². The zero-order valence-electron chi connectivity index (χ0n) is 24.2. The monoisotopic (exact) mass is 571 g/mol. The third kappa shape index (κ3) is 7.00. The van der Waals surface area contributed by atoms with E-state index in [2.05, 4.69) is 48.7 Å². The third-order valence-electron chi connectivity index (χ3n) is 7.60. The number of aromatic nitrogens is 2. The molecule has 0 unspecified atom stereocenters. The zero-order chi connectivity index (χ0) is 29.5. The Morgan fingerprint density at radius 2 is 1.93 bits per heavy atom. The molecule has 1 fully saturated rings. The van der Waals surface area contributed by atoms with Crippen LogP contribution >= 0.6 is 0 Å². The molecule has 1 saturated heterocycles. The van der Waals surface area contributed by atoms with Gasteiger partial charge in [0, 0.05) is 81.6 Å². The second kappa shape index (κ2) is 13.7. The fraction of sp³-hybridized carbons (Fsp3) is 0.375. The van der Waals surface area contributed by atoms with Crippen LogP contribution < -0.4 is 15.5 Å². The Bertz CT molecular complexity index is 1470. The van der Waals surface area contributed by atoms with Gasteiger partial charge in [0.1, 0.15) is 5.71 Å². The minimum absolute atomic E-state index is 0.222. The number of carbonyl (C=O) groups excluding carboxylic acids is 1. The summed E-state index contributed by atoms with van der Waals surface area (Å²) in [5.74, 6) is -0.755. The molecule has 0 saturated carbocycles. The van der Waals surface area contributed by atoms with Gasteiger partial charge in [-0.3, -0.25) is 19.7 Å². The van der Waals surface area contributed by atoms with Crippen molar-refractivity contribution in [2.45, 2.75) is 38.8 Å². The first kappa shape index (κ1) is 29.3. The second-order valence-electron chi connectivity index (χ2n) is 10.6. The molecule has 2 aliphatic heterocycles. The van der Waals surface area contributed by atoms with Crippen molar-refractivity contribution in [3.05, 3.63) is 78.0 Å². The molecule has 3 N–H and O–H groups in total. The Hall–Kier alpha value is -4.15. The quantitative estimate of drug-likeness (QED) is 0.257. The molecule has 0 spiro atoms. The molecule has 3 aromatic rings. The van der Waals surface area contributed by atoms with E-state index in [1.807, 2.05) is 42.4 Å². The number of aliphatic imine (C=N–C) groups is 1. The molecule has 2 aliphatic rings. The predicted molar refractivity (Wildman–Crippen MR) is 166 cm³/mol. The largest absolute Gasteiger partial charge is 0.393 e. The minimum Gasteiger partial charge on any atom is -0.393 e. The smallest absolute Gasteiger partial charge is 0.274 e. The average Bonchev–Trinajstić information content (AvgIpc) is 3.01. The topological polar surface area (TPSA) is 106 Å². The van der Waals surface area contributed by atoms with E-state index in [4.69, 9.17) is 0 Å². The highest BCUT2D eigenvalue weighted by atomic mass is 19.1. The van der Waals surface area contributed by atoms with Crippen molar-refractivity contribution >= 4 is 28.8 Å². The Morgan fingerprint density at radius 3 is 2.64 bits per heavy atom. The molecular formula is C32H38FN7O2. The number of aliphatic hydroxyl groups is 1. The molecule has 42 heavy (non-hydrogen) atoms. The van der Waals surface area contributed by atoms with Gasteiger partial charge in [-0.15, -0.1) is 0 Å². The number of halogens is 1. The number of carbonyl (C=O) groups is 1.